The van der Waals surface area contributed by atoms with Gasteiger partial charge in [-0.1, -0.05) is 17.3 Å². The molecule has 1 aromatic heterocycles. The molecule has 2 aromatic rings. The number of ether oxygens (including phenoxy) is 2. The van der Waals surface area contributed by atoms with E-state index < -0.39 is 0 Å². The Bertz CT molecular complexity index is 987. The van der Waals surface area contributed by atoms with Crippen molar-refractivity contribution in [2.24, 2.45) is 17.8 Å². The Kier molecular flexibility index (Phi) is 7.10. The van der Waals surface area contributed by atoms with Crippen molar-refractivity contribution >= 4 is 11.9 Å². The first-order valence-electron chi connectivity index (χ1n) is 12.3. The molecule has 0 N–H and O–H groups in total. The minimum Gasteiger partial charge on any atom is -0.377 e. The highest BCUT2D eigenvalue weighted by Gasteiger charge is 2.43. The Morgan fingerprint density at radius 2 is 2.03 bits per heavy atom. The summed E-state index contributed by atoms with van der Waals surface area (Å²) in [5.41, 5.74) is 1.28. The second kappa shape index (κ2) is 10.4. The molecule has 0 radical (unpaired) electrons. The number of carbonyl (C=O) groups excluding carboxylic acids is 1. The Balaban J connectivity index is 1.01. The molecule has 3 heterocycles. The van der Waals surface area contributed by atoms with Crippen LogP contribution >= 0.6 is 0 Å². The number of piperidine rings is 1. The molecule has 1 amide bonds. The van der Waals surface area contributed by atoms with Gasteiger partial charge in [0, 0.05) is 33.3 Å². The maximum absolute atomic E-state index is 14.4. The third-order valence-corrected chi connectivity index (χ3v) is 7.39. The molecule has 2 saturated heterocycles. The highest BCUT2D eigenvalue weighted by molar-refractivity contribution is 5.79. The van der Waals surface area contributed by atoms with Crippen LogP contribution in [0.4, 0.5) is 10.4 Å². The normalized spacial score (nSPS) is 22.6. The number of hydrogen-bond donors (Lipinski definition) is 0. The van der Waals surface area contributed by atoms with Crippen molar-refractivity contribution in [1.82, 2.24) is 15.0 Å². The van der Waals surface area contributed by atoms with Gasteiger partial charge >= 0.3 is 6.01 Å². The first kappa shape index (κ1) is 23.2. The Morgan fingerprint density at radius 1 is 1.21 bits per heavy atom. The fraction of sp³-hybridized carbons (Fsp3) is 0.640. The average molecular weight is 473 g/mol. The molecule has 9 heteroatoms. The van der Waals surface area contributed by atoms with E-state index in [2.05, 4.69) is 15.0 Å². The number of aromatic nitrogens is 2. The van der Waals surface area contributed by atoms with E-state index in [1.54, 1.807) is 18.1 Å². The molecule has 2 aliphatic heterocycles. The molecule has 5 rings (SSSR count). The maximum atomic E-state index is 14.4. The number of benzene rings is 1. The van der Waals surface area contributed by atoms with Crippen LogP contribution in [0.2, 0.25) is 0 Å². The molecule has 0 unspecified atom stereocenters. The van der Waals surface area contributed by atoms with Gasteiger partial charge < -0.3 is 23.8 Å². The van der Waals surface area contributed by atoms with E-state index in [0.29, 0.717) is 55.0 Å². The van der Waals surface area contributed by atoms with E-state index in [-0.39, 0.29) is 18.1 Å². The van der Waals surface area contributed by atoms with Crippen molar-refractivity contribution in [1.29, 1.82) is 0 Å². The quantitative estimate of drug-likeness (QED) is 0.525. The summed E-state index contributed by atoms with van der Waals surface area (Å²) >= 11 is 0. The molecule has 1 aliphatic carbocycles. The van der Waals surface area contributed by atoms with Gasteiger partial charge in [-0.05, 0) is 60.6 Å². The number of carbonyl (C=O) groups is 1. The van der Waals surface area contributed by atoms with Gasteiger partial charge in [-0.2, -0.15) is 4.98 Å². The van der Waals surface area contributed by atoms with E-state index in [1.807, 2.05) is 6.07 Å². The van der Waals surface area contributed by atoms with Crippen LogP contribution in [0, 0.1) is 23.6 Å². The van der Waals surface area contributed by atoms with Gasteiger partial charge in [0.25, 0.3) is 0 Å². The monoisotopic (exact) mass is 472 g/mol. The number of hydrogen-bond acceptors (Lipinski definition) is 7. The summed E-state index contributed by atoms with van der Waals surface area (Å²) < 4.78 is 30.8. The van der Waals surface area contributed by atoms with Gasteiger partial charge in [0.05, 0.1) is 19.6 Å². The lowest BCUT2D eigenvalue weighted by atomic mass is 9.91. The van der Waals surface area contributed by atoms with Crippen LogP contribution in [0.25, 0.3) is 0 Å². The van der Waals surface area contributed by atoms with E-state index in [0.717, 1.165) is 51.0 Å². The van der Waals surface area contributed by atoms with E-state index in [1.165, 1.54) is 12.5 Å². The van der Waals surface area contributed by atoms with Gasteiger partial charge in [0.15, 0.2) is 5.82 Å². The van der Waals surface area contributed by atoms with Crippen molar-refractivity contribution in [3.8, 4) is 0 Å². The SMILES string of the molecule is COCc1noc(N2CCC([C@H]3C[C@H]3COCc3ccc(CC(=O)N4CCC4)c(F)c3)CC2)n1. The summed E-state index contributed by atoms with van der Waals surface area (Å²) in [6, 6.07) is 5.69. The Labute approximate surface area is 199 Å². The number of likely N-dealkylation sites (tertiary alicyclic amines) is 1. The van der Waals surface area contributed by atoms with Crippen LogP contribution in [0.1, 0.15) is 42.6 Å². The highest BCUT2D eigenvalue weighted by atomic mass is 19.1. The lowest BCUT2D eigenvalue weighted by Gasteiger charge is -2.31. The van der Waals surface area contributed by atoms with Crippen molar-refractivity contribution in [3.05, 3.63) is 41.0 Å². The van der Waals surface area contributed by atoms with Crippen LogP contribution in [-0.2, 0) is 33.9 Å². The molecule has 34 heavy (non-hydrogen) atoms. The topological polar surface area (TPSA) is 80.9 Å². The highest BCUT2D eigenvalue weighted by Crippen LogP contribution is 2.48. The second-order valence-electron chi connectivity index (χ2n) is 9.76. The summed E-state index contributed by atoms with van der Waals surface area (Å²) in [7, 11) is 1.62. The standard InChI is InChI=1S/C25H33FN4O4/c1-32-16-23-27-25(34-28-23)30-9-5-18(6-10-30)21-12-20(21)15-33-14-17-3-4-19(22(26)11-17)13-24(31)29-7-2-8-29/h3-4,11,18,20-21H,2,5-10,12-16H2,1H3/t20-,21+/m0/s1. The molecule has 1 aromatic carbocycles. The minimum absolute atomic E-state index is 0.00712. The second-order valence-corrected chi connectivity index (χ2v) is 9.76. The third-order valence-electron chi connectivity index (χ3n) is 7.39. The molecule has 0 bridgehead atoms. The average Bonchev–Trinajstić information content (AvgIpc) is 3.41. The zero-order valence-electron chi connectivity index (χ0n) is 19.7. The predicted octanol–water partition coefficient (Wildman–Crippen LogP) is 3.20. The van der Waals surface area contributed by atoms with Crippen LogP contribution in [0.15, 0.2) is 22.7 Å². The van der Waals surface area contributed by atoms with Crippen LogP contribution in [0.3, 0.4) is 0 Å². The zero-order chi connectivity index (χ0) is 23.5. The molecule has 0 spiro atoms. The summed E-state index contributed by atoms with van der Waals surface area (Å²) in [5.74, 6) is 2.27. The van der Waals surface area contributed by atoms with Crippen molar-refractivity contribution in [2.45, 2.75) is 45.3 Å². The Morgan fingerprint density at radius 3 is 2.74 bits per heavy atom. The molecular formula is C25H33FN4O4. The molecular weight excluding hydrogens is 439 g/mol. The predicted molar refractivity (Wildman–Crippen MR) is 123 cm³/mol. The number of methoxy groups -OCH3 is 1. The maximum Gasteiger partial charge on any atom is 0.324 e. The molecule has 2 atom stereocenters. The summed E-state index contributed by atoms with van der Waals surface area (Å²) in [5, 5.41) is 3.94. The number of amides is 1. The van der Waals surface area contributed by atoms with Crippen molar-refractivity contribution in [2.75, 3.05) is 44.8 Å². The number of anilines is 1. The third kappa shape index (κ3) is 5.41. The lowest BCUT2D eigenvalue weighted by molar-refractivity contribution is -0.133. The smallest absolute Gasteiger partial charge is 0.324 e. The van der Waals surface area contributed by atoms with Crippen molar-refractivity contribution < 1.29 is 23.2 Å². The molecule has 1 saturated carbocycles. The van der Waals surface area contributed by atoms with Gasteiger partial charge in [0.2, 0.25) is 5.91 Å². The number of halogens is 1. The fourth-order valence-electron chi connectivity index (χ4n) is 5.11. The Hall–Kier alpha value is -2.52. The van der Waals surface area contributed by atoms with Gasteiger partial charge in [-0.15, -0.1) is 0 Å². The van der Waals surface area contributed by atoms with Crippen LogP contribution < -0.4 is 4.90 Å². The van der Waals surface area contributed by atoms with E-state index in [4.69, 9.17) is 14.0 Å². The molecule has 3 aliphatic rings. The number of rotatable bonds is 10. The largest absolute Gasteiger partial charge is 0.377 e. The van der Waals surface area contributed by atoms with Crippen LogP contribution in [-0.4, -0.2) is 60.8 Å². The fourth-order valence-corrected chi connectivity index (χ4v) is 5.11. The molecule has 184 valence electrons. The summed E-state index contributed by atoms with van der Waals surface area (Å²) in [6.45, 7) is 4.92. The van der Waals surface area contributed by atoms with Gasteiger partial charge in [-0.25, -0.2) is 4.39 Å². The minimum atomic E-state index is -0.318. The zero-order valence-corrected chi connectivity index (χ0v) is 19.7. The molecule has 8 nitrogen and oxygen atoms in total. The van der Waals surface area contributed by atoms with Crippen LogP contribution in [0.5, 0.6) is 0 Å². The molecule has 3 fully saturated rings. The van der Waals surface area contributed by atoms with E-state index in [9.17, 15) is 9.18 Å². The first-order chi connectivity index (χ1) is 16.6. The first-order valence-corrected chi connectivity index (χ1v) is 12.3. The van der Waals surface area contributed by atoms with Gasteiger partial charge in [0.1, 0.15) is 12.4 Å². The number of nitrogens with zero attached hydrogens (tertiary/aromatic N) is 4. The van der Waals surface area contributed by atoms with Gasteiger partial charge in [-0.3, -0.25) is 4.79 Å². The summed E-state index contributed by atoms with van der Waals surface area (Å²) in [6.07, 6.45) is 4.62. The summed E-state index contributed by atoms with van der Waals surface area (Å²) in [4.78, 5) is 20.4. The van der Waals surface area contributed by atoms with E-state index >= 15 is 0 Å². The lowest BCUT2D eigenvalue weighted by Crippen LogP contribution is -2.42. The van der Waals surface area contributed by atoms with Crippen molar-refractivity contribution in [3.63, 3.8) is 0 Å².